The van der Waals surface area contributed by atoms with Crippen molar-refractivity contribution in [2.24, 2.45) is 0 Å². The molecule has 0 fully saturated rings. The van der Waals surface area contributed by atoms with Gasteiger partial charge in [0.1, 0.15) is 5.69 Å². The van der Waals surface area contributed by atoms with E-state index in [4.69, 9.17) is 4.74 Å². The molecule has 0 aliphatic carbocycles. The molecular formula is C23H22N2O3. The summed E-state index contributed by atoms with van der Waals surface area (Å²) in [6, 6.07) is 20.8. The maximum Gasteiger partial charge on any atom is 0.339 e. The largest absolute Gasteiger partial charge is 0.462 e. The zero-order chi connectivity index (χ0) is 20.1. The van der Waals surface area contributed by atoms with Gasteiger partial charge in [0.2, 0.25) is 0 Å². The standard InChI is InChI=1S/C23H22N2O3/c1-4-28-23(27)18-14-15-20(24-16(18)2)22(26)25(3)21-13-9-8-12-19(21)17-10-6-5-7-11-17/h5-15H,4H2,1-3H3. The van der Waals surface area contributed by atoms with Crippen LogP contribution in [0.15, 0.2) is 66.7 Å². The zero-order valence-electron chi connectivity index (χ0n) is 16.2. The predicted molar refractivity (Wildman–Crippen MR) is 110 cm³/mol. The highest BCUT2D eigenvalue weighted by Gasteiger charge is 2.20. The summed E-state index contributed by atoms with van der Waals surface area (Å²) in [6.45, 7) is 3.73. The quantitative estimate of drug-likeness (QED) is 0.617. The third-order valence-corrected chi connectivity index (χ3v) is 4.46. The Hall–Kier alpha value is -3.47. The highest BCUT2D eigenvalue weighted by molar-refractivity contribution is 6.07. The molecule has 0 spiro atoms. The van der Waals surface area contributed by atoms with Crippen LogP contribution in [-0.2, 0) is 4.74 Å². The topological polar surface area (TPSA) is 59.5 Å². The molecule has 142 valence electrons. The average molecular weight is 374 g/mol. The molecule has 0 aliphatic heterocycles. The highest BCUT2D eigenvalue weighted by atomic mass is 16.5. The monoisotopic (exact) mass is 374 g/mol. The minimum absolute atomic E-state index is 0.248. The number of rotatable bonds is 5. The Labute approximate surface area is 164 Å². The van der Waals surface area contributed by atoms with Gasteiger partial charge in [-0.15, -0.1) is 0 Å². The summed E-state index contributed by atoms with van der Waals surface area (Å²) in [7, 11) is 1.72. The number of pyridine rings is 1. The van der Waals surface area contributed by atoms with Gasteiger partial charge in [-0.1, -0.05) is 48.5 Å². The molecule has 1 heterocycles. The van der Waals surface area contributed by atoms with Gasteiger partial charge >= 0.3 is 5.97 Å². The highest BCUT2D eigenvalue weighted by Crippen LogP contribution is 2.30. The first-order valence-corrected chi connectivity index (χ1v) is 9.10. The smallest absolute Gasteiger partial charge is 0.339 e. The number of aromatic nitrogens is 1. The van der Waals surface area contributed by atoms with E-state index in [-0.39, 0.29) is 18.2 Å². The number of aryl methyl sites for hydroxylation is 1. The molecule has 3 aromatic rings. The number of anilines is 1. The van der Waals surface area contributed by atoms with Crippen LogP contribution in [0.2, 0.25) is 0 Å². The van der Waals surface area contributed by atoms with Crippen LogP contribution in [0.25, 0.3) is 11.1 Å². The van der Waals surface area contributed by atoms with Crippen molar-refractivity contribution < 1.29 is 14.3 Å². The van der Waals surface area contributed by atoms with E-state index in [1.165, 1.54) is 0 Å². The number of carbonyl (C=O) groups is 2. The number of amides is 1. The van der Waals surface area contributed by atoms with Gasteiger partial charge in [-0.2, -0.15) is 0 Å². The van der Waals surface area contributed by atoms with Crippen molar-refractivity contribution in [2.45, 2.75) is 13.8 Å². The Morgan fingerprint density at radius 3 is 2.32 bits per heavy atom. The maximum atomic E-state index is 13.0. The number of carbonyl (C=O) groups excluding carboxylic acids is 2. The summed E-state index contributed by atoms with van der Waals surface area (Å²) < 4.78 is 5.02. The van der Waals surface area contributed by atoms with Crippen molar-refractivity contribution in [3.63, 3.8) is 0 Å². The molecule has 1 aromatic heterocycles. The molecule has 0 atom stereocenters. The molecule has 3 rings (SSSR count). The first-order valence-electron chi connectivity index (χ1n) is 9.10. The lowest BCUT2D eigenvalue weighted by atomic mass is 10.0. The maximum absolute atomic E-state index is 13.0. The summed E-state index contributed by atoms with van der Waals surface area (Å²) in [5.41, 5.74) is 3.88. The van der Waals surface area contributed by atoms with Crippen LogP contribution >= 0.6 is 0 Å². The normalized spacial score (nSPS) is 10.4. The van der Waals surface area contributed by atoms with Gasteiger partial charge in [0.15, 0.2) is 0 Å². The lowest BCUT2D eigenvalue weighted by Crippen LogP contribution is -2.28. The van der Waals surface area contributed by atoms with Gasteiger partial charge in [0, 0.05) is 12.6 Å². The van der Waals surface area contributed by atoms with Crippen LogP contribution in [0.4, 0.5) is 5.69 Å². The summed E-state index contributed by atoms with van der Waals surface area (Å²) in [4.78, 5) is 30.9. The van der Waals surface area contributed by atoms with Crippen LogP contribution < -0.4 is 4.90 Å². The van der Waals surface area contributed by atoms with E-state index in [0.29, 0.717) is 11.3 Å². The lowest BCUT2D eigenvalue weighted by molar-refractivity contribution is 0.0524. The number of hydrogen-bond acceptors (Lipinski definition) is 4. The van der Waals surface area contributed by atoms with Crippen molar-refractivity contribution in [3.8, 4) is 11.1 Å². The van der Waals surface area contributed by atoms with Crippen LogP contribution in [0, 0.1) is 6.92 Å². The molecule has 28 heavy (non-hydrogen) atoms. The number of ether oxygens (including phenoxy) is 1. The minimum atomic E-state index is -0.436. The van der Waals surface area contributed by atoms with E-state index in [9.17, 15) is 9.59 Å². The molecule has 0 bridgehead atoms. The van der Waals surface area contributed by atoms with Crippen LogP contribution in [0.3, 0.4) is 0 Å². The molecule has 0 aliphatic rings. The number of esters is 1. The van der Waals surface area contributed by atoms with E-state index in [1.54, 1.807) is 37.9 Å². The van der Waals surface area contributed by atoms with Crippen molar-refractivity contribution in [3.05, 3.63) is 83.7 Å². The number of para-hydroxylation sites is 1. The molecular weight excluding hydrogens is 352 g/mol. The van der Waals surface area contributed by atoms with Crippen molar-refractivity contribution >= 4 is 17.6 Å². The Morgan fingerprint density at radius 1 is 0.964 bits per heavy atom. The Kier molecular flexibility index (Phi) is 5.84. The first-order chi connectivity index (χ1) is 13.5. The number of hydrogen-bond donors (Lipinski definition) is 0. The molecule has 0 unspecified atom stereocenters. The van der Waals surface area contributed by atoms with E-state index in [1.807, 2.05) is 54.6 Å². The van der Waals surface area contributed by atoms with Gasteiger partial charge in [-0.25, -0.2) is 9.78 Å². The Balaban J connectivity index is 1.92. The summed E-state index contributed by atoms with van der Waals surface area (Å²) in [6.07, 6.45) is 0. The summed E-state index contributed by atoms with van der Waals surface area (Å²) in [5.74, 6) is -0.684. The second kappa shape index (κ2) is 8.48. The van der Waals surface area contributed by atoms with E-state index >= 15 is 0 Å². The summed E-state index contributed by atoms with van der Waals surface area (Å²) in [5, 5.41) is 0. The molecule has 0 N–H and O–H groups in total. The van der Waals surface area contributed by atoms with Crippen molar-refractivity contribution in [1.29, 1.82) is 0 Å². The molecule has 1 amide bonds. The van der Waals surface area contributed by atoms with Crippen molar-refractivity contribution in [2.75, 3.05) is 18.6 Å². The van der Waals surface area contributed by atoms with Gasteiger partial charge in [0.25, 0.3) is 5.91 Å². The molecule has 5 nitrogen and oxygen atoms in total. The fourth-order valence-electron chi connectivity index (χ4n) is 3.01. The van der Waals surface area contributed by atoms with Gasteiger partial charge in [-0.05, 0) is 37.6 Å². The second-order valence-corrected chi connectivity index (χ2v) is 6.30. The van der Waals surface area contributed by atoms with Crippen LogP contribution in [0.1, 0.15) is 33.5 Å². The summed E-state index contributed by atoms with van der Waals surface area (Å²) >= 11 is 0. The van der Waals surface area contributed by atoms with Crippen molar-refractivity contribution in [1.82, 2.24) is 4.98 Å². The fourth-order valence-corrected chi connectivity index (χ4v) is 3.01. The molecule has 5 heteroatoms. The zero-order valence-corrected chi connectivity index (χ0v) is 16.2. The third kappa shape index (κ3) is 3.93. The number of benzene rings is 2. The van der Waals surface area contributed by atoms with E-state index in [2.05, 4.69) is 4.98 Å². The third-order valence-electron chi connectivity index (χ3n) is 4.46. The predicted octanol–water partition coefficient (Wildman–Crippen LogP) is 4.51. The van der Waals surface area contributed by atoms with Gasteiger partial charge in [0.05, 0.1) is 23.6 Å². The molecule has 2 aromatic carbocycles. The lowest BCUT2D eigenvalue weighted by Gasteiger charge is -2.21. The minimum Gasteiger partial charge on any atom is -0.462 e. The molecule has 0 saturated heterocycles. The number of nitrogens with zero attached hydrogens (tertiary/aromatic N) is 2. The Bertz CT molecular complexity index is 1000. The van der Waals surface area contributed by atoms with Crippen LogP contribution in [0.5, 0.6) is 0 Å². The fraction of sp³-hybridized carbons (Fsp3) is 0.174. The Morgan fingerprint density at radius 2 is 1.64 bits per heavy atom. The van der Waals surface area contributed by atoms with Gasteiger partial charge < -0.3 is 9.64 Å². The SMILES string of the molecule is CCOC(=O)c1ccc(C(=O)N(C)c2ccccc2-c2ccccc2)nc1C. The average Bonchev–Trinajstić information content (AvgIpc) is 2.73. The molecule has 0 radical (unpaired) electrons. The van der Waals surface area contributed by atoms with E-state index in [0.717, 1.165) is 16.8 Å². The second-order valence-electron chi connectivity index (χ2n) is 6.30. The van der Waals surface area contributed by atoms with Crippen LogP contribution in [-0.4, -0.2) is 30.5 Å². The van der Waals surface area contributed by atoms with E-state index < -0.39 is 5.97 Å². The van der Waals surface area contributed by atoms with Gasteiger partial charge in [-0.3, -0.25) is 4.79 Å². The first kappa shape index (κ1) is 19.3. The molecule has 0 saturated carbocycles.